The first-order valence-electron chi connectivity index (χ1n) is 12.4. The first-order chi connectivity index (χ1) is 17.4. The summed E-state index contributed by atoms with van der Waals surface area (Å²) in [6.07, 6.45) is 0.841. The normalized spacial score (nSPS) is 14.7. The van der Waals surface area contributed by atoms with Crippen molar-refractivity contribution in [1.82, 2.24) is 24.6 Å². The van der Waals surface area contributed by atoms with Gasteiger partial charge in [-0.05, 0) is 60.3 Å². The molecule has 184 valence electrons. The second kappa shape index (κ2) is 10.4. The largest absolute Gasteiger partial charge is 0.363 e. The Balaban J connectivity index is 1.20. The molecule has 0 unspecified atom stereocenters. The lowest BCUT2D eigenvalue weighted by Gasteiger charge is -2.32. The van der Waals surface area contributed by atoms with Gasteiger partial charge in [-0.25, -0.2) is 9.67 Å². The Morgan fingerprint density at radius 2 is 1.33 bits per heavy atom. The van der Waals surface area contributed by atoms with Crippen LogP contribution in [0, 0.1) is 6.92 Å². The number of rotatable bonds is 7. The number of hydrogen-bond donors (Lipinski definition) is 1. The molecule has 7 nitrogen and oxygen atoms in total. The Labute approximate surface area is 212 Å². The van der Waals surface area contributed by atoms with Crippen LogP contribution in [0.4, 0.5) is 0 Å². The minimum absolute atomic E-state index is 0.0290. The molecule has 1 amide bonds. The van der Waals surface area contributed by atoms with E-state index in [4.69, 9.17) is 5.73 Å². The zero-order valence-corrected chi connectivity index (χ0v) is 20.9. The molecule has 0 radical (unpaired) electrons. The number of likely N-dealkylation sites (N-methyl/N-ethyl adjacent to an activating group) is 1. The fraction of sp³-hybridized carbons (Fsp3) is 0.276. The average Bonchev–Trinajstić information content (AvgIpc) is 3.29. The van der Waals surface area contributed by atoms with E-state index < -0.39 is 5.91 Å². The number of aromatic nitrogens is 3. The number of amides is 1. The number of nitrogens with zero attached hydrogens (tertiary/aromatic N) is 5. The summed E-state index contributed by atoms with van der Waals surface area (Å²) in [4.78, 5) is 20.4. The SMILES string of the molecule is Cc1nc(C(N)=O)nn1-c1ccc(Cc2ccc(-c3ccc(CN4CCN(C)CC4)cc3)cc2)cc1. The predicted molar refractivity (Wildman–Crippen MR) is 142 cm³/mol. The lowest BCUT2D eigenvalue weighted by Crippen LogP contribution is -2.43. The first-order valence-corrected chi connectivity index (χ1v) is 12.4. The van der Waals surface area contributed by atoms with Gasteiger partial charge in [0.25, 0.3) is 5.91 Å². The van der Waals surface area contributed by atoms with Gasteiger partial charge >= 0.3 is 0 Å². The molecule has 3 aromatic carbocycles. The van der Waals surface area contributed by atoms with Crippen LogP contribution in [0.5, 0.6) is 0 Å². The van der Waals surface area contributed by atoms with Crippen molar-refractivity contribution < 1.29 is 4.79 Å². The second-order valence-corrected chi connectivity index (χ2v) is 9.58. The predicted octanol–water partition coefficient (Wildman–Crippen LogP) is 3.68. The average molecular weight is 481 g/mol. The number of carbonyl (C=O) groups excluding carboxylic acids is 1. The van der Waals surface area contributed by atoms with Crippen LogP contribution in [0.25, 0.3) is 16.8 Å². The zero-order valence-electron chi connectivity index (χ0n) is 20.9. The molecule has 2 N–H and O–H groups in total. The summed E-state index contributed by atoms with van der Waals surface area (Å²) in [7, 11) is 2.19. The van der Waals surface area contributed by atoms with Crippen molar-refractivity contribution in [3.05, 3.63) is 101 Å². The molecule has 1 saturated heterocycles. The minimum Gasteiger partial charge on any atom is -0.363 e. The van der Waals surface area contributed by atoms with Gasteiger partial charge in [-0.1, -0.05) is 60.7 Å². The minimum atomic E-state index is -0.626. The molecule has 1 aliphatic heterocycles. The quantitative estimate of drug-likeness (QED) is 0.437. The number of carbonyl (C=O) groups is 1. The molecule has 1 aliphatic rings. The molecule has 1 aromatic heterocycles. The summed E-state index contributed by atoms with van der Waals surface area (Å²) < 4.78 is 1.63. The van der Waals surface area contributed by atoms with E-state index in [2.05, 4.69) is 87.6 Å². The summed E-state index contributed by atoms with van der Waals surface area (Å²) in [5.74, 6) is 0.0272. The van der Waals surface area contributed by atoms with Gasteiger partial charge in [0, 0.05) is 32.7 Å². The maximum absolute atomic E-state index is 11.3. The Hall–Kier alpha value is -3.81. The van der Waals surface area contributed by atoms with E-state index in [-0.39, 0.29) is 5.82 Å². The summed E-state index contributed by atoms with van der Waals surface area (Å²) in [5.41, 5.74) is 12.4. The highest BCUT2D eigenvalue weighted by atomic mass is 16.1. The molecule has 0 saturated carbocycles. The van der Waals surface area contributed by atoms with Gasteiger partial charge in [-0.3, -0.25) is 9.69 Å². The molecule has 0 aliphatic carbocycles. The van der Waals surface area contributed by atoms with Gasteiger partial charge < -0.3 is 10.6 Å². The second-order valence-electron chi connectivity index (χ2n) is 9.58. The maximum atomic E-state index is 11.3. The number of hydrogen-bond acceptors (Lipinski definition) is 5. The number of piperazine rings is 1. The highest BCUT2D eigenvalue weighted by molar-refractivity contribution is 5.88. The summed E-state index contributed by atoms with van der Waals surface area (Å²) in [6, 6.07) is 25.9. The van der Waals surface area contributed by atoms with Gasteiger partial charge in [0.1, 0.15) is 5.82 Å². The highest BCUT2D eigenvalue weighted by Gasteiger charge is 2.14. The lowest BCUT2D eigenvalue weighted by molar-refractivity contribution is 0.0990. The third-order valence-electron chi connectivity index (χ3n) is 6.82. The Kier molecular flexibility index (Phi) is 6.93. The summed E-state index contributed by atoms with van der Waals surface area (Å²) >= 11 is 0. The monoisotopic (exact) mass is 480 g/mol. The van der Waals surface area contributed by atoms with Crippen LogP contribution in [0.1, 0.15) is 33.1 Å². The van der Waals surface area contributed by atoms with Crippen molar-refractivity contribution in [2.75, 3.05) is 33.2 Å². The molecule has 2 heterocycles. The molecule has 7 heteroatoms. The number of aryl methyl sites for hydroxylation is 1. The van der Waals surface area contributed by atoms with E-state index in [9.17, 15) is 4.79 Å². The van der Waals surface area contributed by atoms with E-state index in [1.807, 2.05) is 12.1 Å². The number of benzene rings is 3. The molecule has 1 fully saturated rings. The van der Waals surface area contributed by atoms with E-state index in [0.29, 0.717) is 5.82 Å². The van der Waals surface area contributed by atoms with E-state index >= 15 is 0 Å². The van der Waals surface area contributed by atoms with Crippen molar-refractivity contribution in [3.63, 3.8) is 0 Å². The summed E-state index contributed by atoms with van der Waals surface area (Å²) in [6.45, 7) is 7.39. The Morgan fingerprint density at radius 3 is 1.86 bits per heavy atom. The van der Waals surface area contributed by atoms with Crippen LogP contribution in [0.2, 0.25) is 0 Å². The Morgan fingerprint density at radius 1 is 0.806 bits per heavy atom. The molecule has 0 spiro atoms. The molecule has 4 aromatic rings. The van der Waals surface area contributed by atoms with Crippen LogP contribution < -0.4 is 5.73 Å². The molecule has 5 rings (SSSR count). The van der Waals surface area contributed by atoms with E-state index in [0.717, 1.165) is 44.8 Å². The standard InChI is InChI=1S/C29H32N6O/c1-21-31-29(28(30)36)32-35(21)27-13-7-23(8-14-27)19-22-3-9-25(10-4-22)26-11-5-24(6-12-26)20-34-17-15-33(2)16-18-34/h3-14H,15-20H2,1-2H3,(H2,30,36). The van der Waals surface area contributed by atoms with Crippen LogP contribution in [0.3, 0.4) is 0 Å². The number of nitrogens with two attached hydrogens (primary N) is 1. The zero-order chi connectivity index (χ0) is 25.1. The van der Waals surface area contributed by atoms with Gasteiger partial charge in [0.15, 0.2) is 0 Å². The van der Waals surface area contributed by atoms with Gasteiger partial charge in [0.2, 0.25) is 5.82 Å². The molecule has 36 heavy (non-hydrogen) atoms. The fourth-order valence-electron chi connectivity index (χ4n) is 4.61. The van der Waals surface area contributed by atoms with Crippen molar-refractivity contribution in [2.45, 2.75) is 19.9 Å². The van der Waals surface area contributed by atoms with Gasteiger partial charge in [0.05, 0.1) is 5.69 Å². The van der Waals surface area contributed by atoms with Crippen molar-refractivity contribution in [3.8, 4) is 16.8 Å². The van der Waals surface area contributed by atoms with Crippen molar-refractivity contribution >= 4 is 5.91 Å². The first kappa shape index (κ1) is 23.9. The van der Waals surface area contributed by atoms with Crippen LogP contribution >= 0.6 is 0 Å². The number of primary amides is 1. The highest BCUT2D eigenvalue weighted by Crippen LogP contribution is 2.22. The molecule has 0 bridgehead atoms. The van der Waals surface area contributed by atoms with Gasteiger partial charge in [-0.15, -0.1) is 5.10 Å². The molecular formula is C29H32N6O. The topological polar surface area (TPSA) is 80.3 Å². The smallest absolute Gasteiger partial charge is 0.288 e. The fourth-order valence-corrected chi connectivity index (χ4v) is 4.61. The third kappa shape index (κ3) is 5.53. The van der Waals surface area contributed by atoms with Crippen LogP contribution in [-0.4, -0.2) is 63.7 Å². The van der Waals surface area contributed by atoms with E-state index in [1.165, 1.54) is 27.8 Å². The third-order valence-corrected chi connectivity index (χ3v) is 6.82. The van der Waals surface area contributed by atoms with Crippen molar-refractivity contribution in [1.29, 1.82) is 0 Å². The van der Waals surface area contributed by atoms with Gasteiger partial charge in [-0.2, -0.15) is 0 Å². The van der Waals surface area contributed by atoms with Crippen molar-refractivity contribution in [2.24, 2.45) is 5.73 Å². The van der Waals surface area contributed by atoms with E-state index in [1.54, 1.807) is 11.6 Å². The van der Waals surface area contributed by atoms with Crippen LogP contribution in [0.15, 0.2) is 72.8 Å². The molecular weight excluding hydrogens is 448 g/mol. The summed E-state index contributed by atoms with van der Waals surface area (Å²) in [5, 5.41) is 4.20. The van der Waals surface area contributed by atoms with Crippen LogP contribution in [-0.2, 0) is 13.0 Å². The molecule has 0 atom stereocenters. The maximum Gasteiger partial charge on any atom is 0.288 e. The Bertz CT molecular complexity index is 1320. The lowest BCUT2D eigenvalue weighted by atomic mass is 9.99.